The molecule has 2 aromatic heterocycles. The van der Waals surface area contributed by atoms with Crippen LogP contribution < -0.4 is 10.1 Å². The monoisotopic (exact) mass is 287 g/mol. The van der Waals surface area contributed by atoms with E-state index in [1.54, 1.807) is 10.9 Å². The van der Waals surface area contributed by atoms with Crippen LogP contribution in [0.4, 0.5) is 0 Å². The maximum atomic E-state index is 5.86. The summed E-state index contributed by atoms with van der Waals surface area (Å²) in [6.45, 7) is 1.44. The molecule has 0 radical (unpaired) electrons. The first-order chi connectivity index (χ1) is 9.78. The van der Waals surface area contributed by atoms with Gasteiger partial charge in [-0.15, -0.1) is 11.3 Å². The van der Waals surface area contributed by atoms with Crippen LogP contribution in [-0.4, -0.2) is 16.8 Å². The Balaban J connectivity index is 1.90. The summed E-state index contributed by atoms with van der Waals surface area (Å²) in [4.78, 5) is 1.33. The standard InChI is InChI=1S/C15H17N3OS/c1-16-8-15-13(10-19-11-7-17-18(2)9-11)12-5-3-4-6-14(12)20-15/h3-7,9,16H,8,10H2,1-2H3. The van der Waals surface area contributed by atoms with E-state index in [0.717, 1.165) is 12.3 Å². The van der Waals surface area contributed by atoms with E-state index in [9.17, 15) is 0 Å². The van der Waals surface area contributed by atoms with Crippen LogP contribution in [0, 0.1) is 0 Å². The van der Waals surface area contributed by atoms with Crippen molar-refractivity contribution >= 4 is 21.4 Å². The van der Waals surface area contributed by atoms with Crippen LogP contribution in [0.25, 0.3) is 10.1 Å². The Labute approximate surface area is 122 Å². The number of aryl methyl sites for hydroxylation is 1. The molecule has 0 aliphatic rings. The number of fused-ring (bicyclic) bond motifs is 1. The summed E-state index contributed by atoms with van der Waals surface area (Å²) in [5.74, 6) is 0.804. The van der Waals surface area contributed by atoms with Crippen LogP contribution in [0.3, 0.4) is 0 Å². The number of rotatable bonds is 5. The summed E-state index contributed by atoms with van der Waals surface area (Å²) < 4.78 is 8.92. The normalized spacial score (nSPS) is 11.1. The van der Waals surface area contributed by atoms with E-state index >= 15 is 0 Å². The largest absolute Gasteiger partial charge is 0.486 e. The van der Waals surface area contributed by atoms with Crippen LogP contribution >= 0.6 is 11.3 Å². The van der Waals surface area contributed by atoms with Crippen LogP contribution in [0.5, 0.6) is 5.75 Å². The predicted octanol–water partition coefficient (Wildman–Crippen LogP) is 2.93. The number of nitrogens with zero attached hydrogens (tertiary/aromatic N) is 2. The SMILES string of the molecule is CNCc1sc2ccccc2c1COc1cnn(C)c1. The Morgan fingerprint density at radius 3 is 2.95 bits per heavy atom. The fraction of sp³-hybridized carbons (Fsp3) is 0.267. The number of benzene rings is 1. The number of hydrogen-bond donors (Lipinski definition) is 1. The molecule has 3 aromatic rings. The van der Waals surface area contributed by atoms with Gasteiger partial charge in [0.05, 0.1) is 12.4 Å². The minimum Gasteiger partial charge on any atom is -0.486 e. The van der Waals surface area contributed by atoms with Gasteiger partial charge in [0.2, 0.25) is 0 Å². The zero-order valence-electron chi connectivity index (χ0n) is 11.6. The zero-order chi connectivity index (χ0) is 13.9. The van der Waals surface area contributed by atoms with Gasteiger partial charge in [-0.2, -0.15) is 5.10 Å². The van der Waals surface area contributed by atoms with Gasteiger partial charge in [0.1, 0.15) is 6.61 Å². The Morgan fingerprint density at radius 1 is 1.35 bits per heavy atom. The summed E-state index contributed by atoms with van der Waals surface area (Å²) in [5.41, 5.74) is 1.27. The fourth-order valence-corrected chi connectivity index (χ4v) is 3.46. The lowest BCUT2D eigenvalue weighted by atomic mass is 10.1. The van der Waals surface area contributed by atoms with Gasteiger partial charge < -0.3 is 10.1 Å². The number of hydrogen-bond acceptors (Lipinski definition) is 4. The van der Waals surface area contributed by atoms with Gasteiger partial charge in [-0.1, -0.05) is 18.2 Å². The highest BCUT2D eigenvalue weighted by atomic mass is 32.1. The molecule has 1 aromatic carbocycles. The van der Waals surface area contributed by atoms with Crippen LogP contribution in [0.2, 0.25) is 0 Å². The fourth-order valence-electron chi connectivity index (χ4n) is 2.24. The van der Waals surface area contributed by atoms with E-state index in [1.165, 1.54) is 20.5 Å². The lowest BCUT2D eigenvalue weighted by Crippen LogP contribution is -2.06. The predicted molar refractivity (Wildman–Crippen MR) is 82.1 cm³/mol. The summed E-state index contributed by atoms with van der Waals surface area (Å²) in [5, 5.41) is 8.63. The molecule has 0 amide bonds. The molecular formula is C15H17N3OS. The van der Waals surface area contributed by atoms with E-state index in [0.29, 0.717) is 6.61 Å². The second-order valence-electron chi connectivity index (χ2n) is 4.67. The number of nitrogens with one attached hydrogen (secondary N) is 1. The summed E-state index contributed by atoms with van der Waals surface area (Å²) >= 11 is 1.83. The second-order valence-corrected chi connectivity index (χ2v) is 5.81. The van der Waals surface area contributed by atoms with Crippen molar-refractivity contribution in [2.24, 2.45) is 7.05 Å². The molecule has 0 unspecified atom stereocenters. The van der Waals surface area contributed by atoms with Gasteiger partial charge in [0, 0.05) is 28.7 Å². The van der Waals surface area contributed by atoms with Crippen molar-refractivity contribution in [2.45, 2.75) is 13.2 Å². The average molecular weight is 287 g/mol. The molecule has 0 spiro atoms. The third-order valence-electron chi connectivity index (χ3n) is 3.18. The first-order valence-corrected chi connectivity index (χ1v) is 7.35. The van der Waals surface area contributed by atoms with Gasteiger partial charge >= 0.3 is 0 Å². The van der Waals surface area contributed by atoms with Gasteiger partial charge in [-0.25, -0.2) is 0 Å². The summed E-state index contributed by atoms with van der Waals surface area (Å²) in [6, 6.07) is 8.47. The molecular weight excluding hydrogens is 270 g/mol. The highest BCUT2D eigenvalue weighted by molar-refractivity contribution is 7.19. The zero-order valence-corrected chi connectivity index (χ0v) is 12.4. The van der Waals surface area contributed by atoms with E-state index < -0.39 is 0 Å². The molecule has 5 heteroatoms. The van der Waals surface area contributed by atoms with Crippen molar-refractivity contribution in [1.82, 2.24) is 15.1 Å². The number of aromatic nitrogens is 2. The molecule has 0 aliphatic carbocycles. The topological polar surface area (TPSA) is 39.1 Å². The van der Waals surface area contributed by atoms with Gasteiger partial charge in [0.25, 0.3) is 0 Å². The van der Waals surface area contributed by atoms with Crippen molar-refractivity contribution in [3.05, 3.63) is 47.1 Å². The average Bonchev–Trinajstić information content (AvgIpc) is 3.00. The highest BCUT2D eigenvalue weighted by Crippen LogP contribution is 2.32. The minimum atomic E-state index is 0.576. The quantitative estimate of drug-likeness (QED) is 0.784. The molecule has 0 bridgehead atoms. The third kappa shape index (κ3) is 2.55. The lowest BCUT2D eigenvalue weighted by molar-refractivity contribution is 0.306. The number of ether oxygens (including phenoxy) is 1. The number of thiophene rings is 1. The summed E-state index contributed by atoms with van der Waals surface area (Å²) in [7, 11) is 3.86. The van der Waals surface area contributed by atoms with Crippen LogP contribution in [0.15, 0.2) is 36.7 Å². The van der Waals surface area contributed by atoms with Crippen molar-refractivity contribution < 1.29 is 4.74 Å². The molecule has 1 N–H and O–H groups in total. The van der Waals surface area contributed by atoms with Gasteiger partial charge in [-0.05, 0) is 18.5 Å². The molecule has 0 saturated carbocycles. The van der Waals surface area contributed by atoms with Gasteiger partial charge in [0.15, 0.2) is 5.75 Å². The first-order valence-electron chi connectivity index (χ1n) is 6.53. The van der Waals surface area contributed by atoms with Crippen LogP contribution in [0.1, 0.15) is 10.4 Å². The van der Waals surface area contributed by atoms with Crippen molar-refractivity contribution in [3.63, 3.8) is 0 Å². The highest BCUT2D eigenvalue weighted by Gasteiger charge is 2.12. The van der Waals surface area contributed by atoms with E-state index in [-0.39, 0.29) is 0 Å². The second kappa shape index (κ2) is 5.64. The Bertz CT molecular complexity index is 717. The van der Waals surface area contributed by atoms with Gasteiger partial charge in [-0.3, -0.25) is 4.68 Å². The third-order valence-corrected chi connectivity index (χ3v) is 4.40. The summed E-state index contributed by atoms with van der Waals surface area (Å²) in [6.07, 6.45) is 3.62. The maximum absolute atomic E-state index is 5.86. The van der Waals surface area contributed by atoms with E-state index in [1.807, 2.05) is 31.6 Å². The molecule has 0 atom stereocenters. The van der Waals surface area contributed by atoms with Crippen molar-refractivity contribution in [2.75, 3.05) is 7.05 Å². The first kappa shape index (κ1) is 13.1. The smallest absolute Gasteiger partial charge is 0.157 e. The van der Waals surface area contributed by atoms with Crippen molar-refractivity contribution in [1.29, 1.82) is 0 Å². The molecule has 0 fully saturated rings. The van der Waals surface area contributed by atoms with E-state index in [2.05, 4.69) is 34.7 Å². The molecule has 20 heavy (non-hydrogen) atoms. The van der Waals surface area contributed by atoms with Crippen molar-refractivity contribution in [3.8, 4) is 5.75 Å². The molecule has 0 aliphatic heterocycles. The Morgan fingerprint density at radius 2 is 2.20 bits per heavy atom. The molecule has 0 saturated heterocycles. The van der Waals surface area contributed by atoms with E-state index in [4.69, 9.17) is 4.74 Å². The Kier molecular flexibility index (Phi) is 3.71. The molecule has 3 rings (SSSR count). The lowest BCUT2D eigenvalue weighted by Gasteiger charge is -2.06. The molecule has 2 heterocycles. The molecule has 104 valence electrons. The Hall–Kier alpha value is -1.85. The maximum Gasteiger partial charge on any atom is 0.157 e. The minimum absolute atomic E-state index is 0.576. The van der Waals surface area contributed by atoms with Crippen LogP contribution in [-0.2, 0) is 20.2 Å². The molecule has 4 nitrogen and oxygen atoms in total.